The van der Waals surface area contributed by atoms with Crippen LogP contribution in [-0.2, 0) is 6.61 Å². The normalized spacial score (nSPS) is 18.3. The first-order valence-corrected chi connectivity index (χ1v) is 6.19. The zero-order valence-electron chi connectivity index (χ0n) is 10.6. The molecule has 0 aliphatic carbocycles. The zero-order valence-corrected chi connectivity index (χ0v) is 10.6. The van der Waals surface area contributed by atoms with Crippen LogP contribution in [0.1, 0.15) is 18.5 Å². The molecule has 0 spiro atoms. The lowest BCUT2D eigenvalue weighted by Gasteiger charge is -2.35. The molecule has 1 saturated heterocycles. The summed E-state index contributed by atoms with van der Waals surface area (Å²) in [6.45, 7) is 2.30. The molecule has 2 heterocycles. The van der Waals surface area contributed by atoms with Gasteiger partial charge in [-0.2, -0.15) is 0 Å². The number of anilines is 1. The van der Waals surface area contributed by atoms with Crippen molar-refractivity contribution in [2.75, 3.05) is 32.1 Å². The molecule has 4 nitrogen and oxygen atoms in total. The zero-order chi connectivity index (χ0) is 12.3. The van der Waals surface area contributed by atoms with Crippen molar-refractivity contribution in [1.82, 2.24) is 9.88 Å². The summed E-state index contributed by atoms with van der Waals surface area (Å²) in [4.78, 5) is 9.05. The Morgan fingerprint density at radius 2 is 2.12 bits per heavy atom. The second-order valence-corrected chi connectivity index (χ2v) is 4.79. The molecular formula is C13H21N3O. The summed E-state index contributed by atoms with van der Waals surface area (Å²) < 4.78 is 0. The van der Waals surface area contributed by atoms with Gasteiger partial charge in [0.05, 0.1) is 12.3 Å². The van der Waals surface area contributed by atoms with E-state index in [0.29, 0.717) is 6.04 Å². The van der Waals surface area contributed by atoms with Crippen molar-refractivity contribution in [3.05, 3.63) is 23.9 Å². The van der Waals surface area contributed by atoms with E-state index in [1.54, 1.807) is 0 Å². The SMILES string of the molecule is CN1CCC(N(C)c2cccc(CO)n2)CC1. The molecular weight excluding hydrogens is 214 g/mol. The second kappa shape index (κ2) is 5.47. The largest absolute Gasteiger partial charge is 0.390 e. The molecule has 1 aliphatic rings. The number of nitrogens with zero attached hydrogens (tertiary/aromatic N) is 3. The van der Waals surface area contributed by atoms with Gasteiger partial charge in [-0.1, -0.05) is 6.07 Å². The van der Waals surface area contributed by atoms with Crippen LogP contribution in [-0.4, -0.2) is 48.2 Å². The average Bonchev–Trinajstić information content (AvgIpc) is 2.39. The maximum atomic E-state index is 9.10. The van der Waals surface area contributed by atoms with E-state index in [1.165, 1.54) is 12.8 Å². The molecule has 0 aromatic carbocycles. The Morgan fingerprint density at radius 1 is 1.41 bits per heavy atom. The molecule has 4 heteroatoms. The fraction of sp³-hybridized carbons (Fsp3) is 0.615. The standard InChI is InChI=1S/C13H21N3O/c1-15-8-6-12(7-9-15)16(2)13-5-3-4-11(10-17)14-13/h3-5,12,17H,6-10H2,1-2H3. The van der Waals surface area contributed by atoms with Gasteiger partial charge in [-0.25, -0.2) is 4.98 Å². The number of pyridine rings is 1. The van der Waals surface area contributed by atoms with Crippen molar-refractivity contribution in [3.63, 3.8) is 0 Å². The lowest BCUT2D eigenvalue weighted by atomic mass is 10.0. The molecule has 1 aromatic rings. The van der Waals surface area contributed by atoms with Crippen molar-refractivity contribution in [2.45, 2.75) is 25.5 Å². The van der Waals surface area contributed by atoms with E-state index >= 15 is 0 Å². The predicted molar refractivity (Wildman–Crippen MR) is 69.1 cm³/mol. The van der Waals surface area contributed by atoms with Crippen LogP contribution < -0.4 is 4.90 Å². The summed E-state index contributed by atoms with van der Waals surface area (Å²) in [5.74, 6) is 0.964. The fourth-order valence-corrected chi connectivity index (χ4v) is 2.32. The monoisotopic (exact) mass is 235 g/mol. The van der Waals surface area contributed by atoms with Gasteiger partial charge in [-0.05, 0) is 45.1 Å². The van der Waals surface area contributed by atoms with E-state index in [4.69, 9.17) is 5.11 Å². The lowest BCUT2D eigenvalue weighted by molar-refractivity contribution is 0.252. The Hall–Kier alpha value is -1.13. The van der Waals surface area contributed by atoms with Crippen molar-refractivity contribution < 1.29 is 5.11 Å². The smallest absolute Gasteiger partial charge is 0.128 e. The van der Waals surface area contributed by atoms with Crippen molar-refractivity contribution in [1.29, 1.82) is 0 Å². The Labute approximate surface area is 103 Å². The number of hydrogen-bond donors (Lipinski definition) is 1. The van der Waals surface area contributed by atoms with E-state index in [9.17, 15) is 0 Å². The van der Waals surface area contributed by atoms with Crippen molar-refractivity contribution in [2.24, 2.45) is 0 Å². The molecule has 1 aromatic heterocycles. The Kier molecular flexibility index (Phi) is 3.97. The third-order valence-electron chi connectivity index (χ3n) is 3.55. The molecule has 0 unspecified atom stereocenters. The van der Waals surface area contributed by atoms with Gasteiger partial charge in [0, 0.05) is 13.1 Å². The molecule has 17 heavy (non-hydrogen) atoms. The quantitative estimate of drug-likeness (QED) is 0.852. The third kappa shape index (κ3) is 2.96. The number of piperidine rings is 1. The summed E-state index contributed by atoms with van der Waals surface area (Å²) in [5, 5.41) is 9.10. The molecule has 0 radical (unpaired) electrons. The van der Waals surface area contributed by atoms with Gasteiger partial charge >= 0.3 is 0 Å². The van der Waals surface area contributed by atoms with Crippen LogP contribution >= 0.6 is 0 Å². The highest BCUT2D eigenvalue weighted by Crippen LogP contribution is 2.20. The molecule has 0 saturated carbocycles. The second-order valence-electron chi connectivity index (χ2n) is 4.79. The summed E-state index contributed by atoms with van der Waals surface area (Å²) in [7, 11) is 4.26. The van der Waals surface area contributed by atoms with Gasteiger partial charge in [0.2, 0.25) is 0 Å². The third-order valence-corrected chi connectivity index (χ3v) is 3.55. The minimum atomic E-state index is 0.00901. The molecule has 0 bridgehead atoms. The summed E-state index contributed by atoms with van der Waals surface area (Å²) >= 11 is 0. The summed E-state index contributed by atoms with van der Waals surface area (Å²) in [6, 6.07) is 6.38. The Morgan fingerprint density at radius 3 is 2.76 bits per heavy atom. The highest BCUT2D eigenvalue weighted by Gasteiger charge is 2.21. The van der Waals surface area contributed by atoms with Gasteiger partial charge in [0.1, 0.15) is 5.82 Å². The van der Waals surface area contributed by atoms with Gasteiger partial charge in [0.15, 0.2) is 0 Å². The highest BCUT2D eigenvalue weighted by atomic mass is 16.3. The molecule has 1 fully saturated rings. The lowest BCUT2D eigenvalue weighted by Crippen LogP contribution is -2.42. The molecule has 1 N–H and O–H groups in total. The molecule has 1 aliphatic heterocycles. The van der Waals surface area contributed by atoms with Crippen LogP contribution in [0.5, 0.6) is 0 Å². The van der Waals surface area contributed by atoms with Gasteiger partial charge in [-0.3, -0.25) is 0 Å². The minimum Gasteiger partial charge on any atom is -0.390 e. The maximum absolute atomic E-state index is 9.10. The average molecular weight is 235 g/mol. The van der Waals surface area contributed by atoms with Crippen LogP contribution in [0.3, 0.4) is 0 Å². The van der Waals surface area contributed by atoms with Gasteiger partial charge in [-0.15, -0.1) is 0 Å². The van der Waals surface area contributed by atoms with Crippen LogP contribution in [0.2, 0.25) is 0 Å². The van der Waals surface area contributed by atoms with E-state index in [0.717, 1.165) is 24.6 Å². The van der Waals surface area contributed by atoms with E-state index in [1.807, 2.05) is 18.2 Å². The van der Waals surface area contributed by atoms with Crippen LogP contribution in [0.15, 0.2) is 18.2 Å². The van der Waals surface area contributed by atoms with Crippen LogP contribution in [0.4, 0.5) is 5.82 Å². The van der Waals surface area contributed by atoms with E-state index in [-0.39, 0.29) is 6.61 Å². The van der Waals surface area contributed by atoms with E-state index < -0.39 is 0 Å². The summed E-state index contributed by atoms with van der Waals surface area (Å²) in [6.07, 6.45) is 2.36. The van der Waals surface area contributed by atoms with Crippen LogP contribution in [0.25, 0.3) is 0 Å². The number of aliphatic hydroxyl groups excluding tert-OH is 1. The molecule has 2 rings (SSSR count). The van der Waals surface area contributed by atoms with Crippen LogP contribution in [0, 0.1) is 0 Å². The fourth-order valence-electron chi connectivity index (χ4n) is 2.32. The topological polar surface area (TPSA) is 39.6 Å². The first kappa shape index (κ1) is 12.3. The number of rotatable bonds is 3. The number of aliphatic hydroxyl groups is 1. The van der Waals surface area contributed by atoms with Gasteiger partial charge < -0.3 is 14.9 Å². The minimum absolute atomic E-state index is 0.00901. The number of aromatic nitrogens is 1. The first-order chi connectivity index (χ1) is 8.20. The van der Waals surface area contributed by atoms with Crippen molar-refractivity contribution >= 4 is 5.82 Å². The molecule has 0 atom stereocenters. The molecule has 94 valence electrons. The Balaban J connectivity index is 2.05. The van der Waals surface area contributed by atoms with Crippen molar-refractivity contribution in [3.8, 4) is 0 Å². The maximum Gasteiger partial charge on any atom is 0.128 e. The highest BCUT2D eigenvalue weighted by molar-refractivity contribution is 5.39. The number of hydrogen-bond acceptors (Lipinski definition) is 4. The first-order valence-electron chi connectivity index (χ1n) is 6.19. The Bertz CT molecular complexity index is 361. The van der Waals surface area contributed by atoms with E-state index in [2.05, 4.69) is 28.9 Å². The molecule has 0 amide bonds. The van der Waals surface area contributed by atoms with Gasteiger partial charge in [0.25, 0.3) is 0 Å². The summed E-state index contributed by atoms with van der Waals surface area (Å²) in [5.41, 5.74) is 0.738. The predicted octanol–water partition coefficient (Wildman–Crippen LogP) is 1.10. The number of likely N-dealkylation sites (tertiary alicyclic amines) is 1.